The van der Waals surface area contributed by atoms with Gasteiger partial charge in [-0.3, -0.25) is 0 Å². The summed E-state index contributed by atoms with van der Waals surface area (Å²) in [5.41, 5.74) is 0. The Kier molecular flexibility index (Phi) is 28.5. The molecule has 0 aliphatic rings. The molecule has 0 aliphatic heterocycles. The Hall–Kier alpha value is -0.0400. The molecule has 212 valence electrons. The highest BCUT2D eigenvalue weighted by molar-refractivity contribution is 4.54. The Labute approximate surface area is 225 Å². The van der Waals surface area contributed by atoms with Crippen LogP contribution in [0.25, 0.3) is 0 Å². The van der Waals surface area contributed by atoms with Crippen molar-refractivity contribution >= 4 is 0 Å². The number of hydrogen-bond donors (Lipinski definition) is 0. The molecule has 1 heteroatoms. The molecule has 0 radical (unpaired) electrons. The van der Waals surface area contributed by atoms with Crippen LogP contribution in [0.5, 0.6) is 0 Å². The van der Waals surface area contributed by atoms with Gasteiger partial charge in [0.25, 0.3) is 0 Å². The molecule has 35 heavy (non-hydrogen) atoms. The topological polar surface area (TPSA) is 0 Å². The zero-order valence-electron chi connectivity index (χ0n) is 25.7. The minimum absolute atomic E-state index is 1.36. The predicted octanol–water partition coefficient (Wildman–Crippen LogP) is 12.0. The zero-order valence-corrected chi connectivity index (χ0v) is 25.7. The smallest absolute Gasteiger partial charge is 0.0786 e. The highest BCUT2D eigenvalue weighted by atomic mass is 15.3. The van der Waals surface area contributed by atoms with Crippen molar-refractivity contribution in [3.8, 4) is 0 Å². The Bertz CT molecular complexity index is 341. The molecule has 0 fully saturated rings. The summed E-state index contributed by atoms with van der Waals surface area (Å²) in [7, 11) is 0. The first-order valence-electron chi connectivity index (χ1n) is 17.1. The lowest BCUT2D eigenvalue weighted by molar-refractivity contribution is -0.929. The van der Waals surface area contributed by atoms with E-state index in [4.69, 9.17) is 0 Å². The molecule has 0 aromatic rings. The molecule has 0 heterocycles. The Morgan fingerprint density at radius 2 is 0.429 bits per heavy atom. The van der Waals surface area contributed by atoms with Crippen molar-refractivity contribution in [1.82, 2.24) is 0 Å². The van der Waals surface area contributed by atoms with Crippen LogP contribution in [0.4, 0.5) is 0 Å². The lowest BCUT2D eigenvalue weighted by atomic mass is 10.0. The van der Waals surface area contributed by atoms with Gasteiger partial charge in [-0.1, -0.05) is 156 Å². The quantitative estimate of drug-likeness (QED) is 0.0687. The SMILES string of the molecule is CCCCCCCCCCCCC[N+](CCCC)(CCCC)CCCCCCCCCCCCC. The first kappa shape index (κ1) is 35.0. The number of quaternary nitrogens is 1. The lowest BCUT2D eigenvalue weighted by Gasteiger charge is -2.39. The number of hydrogen-bond acceptors (Lipinski definition) is 0. The molecule has 0 N–H and O–H groups in total. The van der Waals surface area contributed by atoms with Crippen LogP contribution in [-0.2, 0) is 0 Å². The molecular weight excluding hydrogens is 422 g/mol. The van der Waals surface area contributed by atoms with Crippen molar-refractivity contribution in [1.29, 1.82) is 0 Å². The van der Waals surface area contributed by atoms with Gasteiger partial charge in [0.2, 0.25) is 0 Å². The second kappa shape index (κ2) is 28.5. The molecule has 0 atom stereocenters. The van der Waals surface area contributed by atoms with E-state index in [9.17, 15) is 0 Å². The van der Waals surface area contributed by atoms with E-state index in [1.54, 1.807) is 0 Å². The molecule has 0 aromatic heterocycles. The summed E-state index contributed by atoms with van der Waals surface area (Å²) in [4.78, 5) is 0. The summed E-state index contributed by atoms with van der Waals surface area (Å²) in [6.07, 6.45) is 37.8. The van der Waals surface area contributed by atoms with Crippen molar-refractivity contribution in [3.05, 3.63) is 0 Å². The average molecular weight is 495 g/mol. The summed E-state index contributed by atoms with van der Waals surface area (Å²) in [6.45, 7) is 15.2. The van der Waals surface area contributed by atoms with Crippen LogP contribution in [0.1, 0.15) is 195 Å². The molecule has 0 amide bonds. The fourth-order valence-corrected chi connectivity index (χ4v) is 5.88. The van der Waals surface area contributed by atoms with E-state index >= 15 is 0 Å². The van der Waals surface area contributed by atoms with Crippen LogP contribution >= 0.6 is 0 Å². The Morgan fingerprint density at radius 1 is 0.229 bits per heavy atom. The van der Waals surface area contributed by atoms with Crippen molar-refractivity contribution in [2.75, 3.05) is 26.2 Å². The molecule has 0 saturated heterocycles. The molecule has 1 nitrogen and oxygen atoms in total. The number of nitrogens with zero attached hydrogens (tertiary/aromatic N) is 1. The molecule has 0 spiro atoms. The Balaban J connectivity index is 4.10. The highest BCUT2D eigenvalue weighted by Crippen LogP contribution is 2.19. The van der Waals surface area contributed by atoms with Crippen molar-refractivity contribution in [2.45, 2.75) is 195 Å². The van der Waals surface area contributed by atoms with Crippen LogP contribution < -0.4 is 0 Å². The fourth-order valence-electron chi connectivity index (χ4n) is 5.88. The van der Waals surface area contributed by atoms with Gasteiger partial charge in [0.05, 0.1) is 26.2 Å². The van der Waals surface area contributed by atoms with Gasteiger partial charge in [-0.25, -0.2) is 0 Å². The van der Waals surface area contributed by atoms with Crippen LogP contribution in [0.3, 0.4) is 0 Å². The molecular formula is C34H72N+. The van der Waals surface area contributed by atoms with Crippen LogP contribution in [0.15, 0.2) is 0 Å². The van der Waals surface area contributed by atoms with E-state index in [0.29, 0.717) is 0 Å². The van der Waals surface area contributed by atoms with Gasteiger partial charge in [-0.15, -0.1) is 0 Å². The third-order valence-corrected chi connectivity index (χ3v) is 8.44. The van der Waals surface area contributed by atoms with Crippen molar-refractivity contribution < 1.29 is 4.48 Å². The minimum atomic E-state index is 1.36. The summed E-state index contributed by atoms with van der Waals surface area (Å²) < 4.78 is 1.45. The van der Waals surface area contributed by atoms with E-state index in [-0.39, 0.29) is 0 Å². The van der Waals surface area contributed by atoms with Crippen molar-refractivity contribution in [3.63, 3.8) is 0 Å². The largest absolute Gasteiger partial charge is 0.324 e. The van der Waals surface area contributed by atoms with Crippen molar-refractivity contribution in [2.24, 2.45) is 0 Å². The molecule has 0 aliphatic carbocycles. The van der Waals surface area contributed by atoms with Crippen LogP contribution in [-0.4, -0.2) is 30.7 Å². The predicted molar refractivity (Wildman–Crippen MR) is 162 cm³/mol. The zero-order chi connectivity index (χ0) is 25.7. The summed E-state index contributed by atoms with van der Waals surface area (Å²) >= 11 is 0. The first-order chi connectivity index (χ1) is 17.2. The minimum Gasteiger partial charge on any atom is -0.324 e. The van der Waals surface area contributed by atoms with Gasteiger partial charge in [0.15, 0.2) is 0 Å². The maximum atomic E-state index is 2.39. The number of unbranched alkanes of at least 4 members (excludes halogenated alkanes) is 22. The Morgan fingerprint density at radius 3 is 0.686 bits per heavy atom. The highest BCUT2D eigenvalue weighted by Gasteiger charge is 2.25. The standard InChI is InChI=1S/C34H72N/c1-5-9-13-15-17-19-21-23-25-27-29-33-35(31-11-7-3,32-12-8-4)34-30-28-26-24-22-20-18-16-14-10-6-2/h5-34H2,1-4H3/q+1. The molecule has 0 saturated carbocycles. The maximum absolute atomic E-state index is 2.39. The third kappa shape index (κ3) is 24.1. The van der Waals surface area contributed by atoms with E-state index in [0.717, 1.165) is 0 Å². The molecule has 0 bridgehead atoms. The van der Waals surface area contributed by atoms with Crippen LogP contribution in [0, 0.1) is 0 Å². The summed E-state index contributed by atoms with van der Waals surface area (Å²) in [6, 6.07) is 0. The van der Waals surface area contributed by atoms with E-state index in [2.05, 4.69) is 27.7 Å². The molecule has 0 aromatic carbocycles. The van der Waals surface area contributed by atoms with Gasteiger partial charge in [-0.2, -0.15) is 0 Å². The molecule has 0 unspecified atom stereocenters. The normalized spacial score (nSPS) is 12.0. The first-order valence-corrected chi connectivity index (χ1v) is 17.1. The van der Waals surface area contributed by atoms with E-state index < -0.39 is 0 Å². The monoisotopic (exact) mass is 495 g/mol. The third-order valence-electron chi connectivity index (χ3n) is 8.44. The van der Waals surface area contributed by atoms with Gasteiger partial charge in [0, 0.05) is 0 Å². The second-order valence-electron chi connectivity index (χ2n) is 12.0. The van der Waals surface area contributed by atoms with Gasteiger partial charge in [0.1, 0.15) is 0 Å². The lowest BCUT2D eigenvalue weighted by Crippen LogP contribution is -2.50. The molecule has 0 rings (SSSR count). The van der Waals surface area contributed by atoms with Gasteiger partial charge in [-0.05, 0) is 38.5 Å². The summed E-state index contributed by atoms with van der Waals surface area (Å²) in [5, 5.41) is 0. The van der Waals surface area contributed by atoms with Gasteiger partial charge < -0.3 is 4.48 Å². The fraction of sp³-hybridized carbons (Fsp3) is 1.00. The van der Waals surface area contributed by atoms with E-state index in [1.165, 1.54) is 198 Å². The second-order valence-corrected chi connectivity index (χ2v) is 12.0. The number of rotatable bonds is 30. The maximum Gasteiger partial charge on any atom is 0.0786 e. The van der Waals surface area contributed by atoms with E-state index in [1.807, 2.05) is 0 Å². The van der Waals surface area contributed by atoms with Crippen LogP contribution in [0.2, 0.25) is 0 Å². The van der Waals surface area contributed by atoms with Gasteiger partial charge >= 0.3 is 0 Å². The average Bonchev–Trinajstić information content (AvgIpc) is 2.87. The summed E-state index contributed by atoms with van der Waals surface area (Å²) in [5.74, 6) is 0.